The summed E-state index contributed by atoms with van der Waals surface area (Å²) in [6.07, 6.45) is 2.94. The van der Waals surface area contributed by atoms with Crippen LogP contribution in [-0.2, 0) is 17.8 Å². The van der Waals surface area contributed by atoms with Crippen LogP contribution in [0, 0.1) is 5.92 Å². The van der Waals surface area contributed by atoms with Crippen molar-refractivity contribution in [2.24, 2.45) is 5.92 Å². The first-order valence-electron chi connectivity index (χ1n) is 7.83. The van der Waals surface area contributed by atoms with Crippen LogP contribution in [0.4, 0.5) is 0 Å². The van der Waals surface area contributed by atoms with E-state index in [1.165, 1.54) is 11.1 Å². The van der Waals surface area contributed by atoms with E-state index in [0.29, 0.717) is 12.5 Å². The minimum Gasteiger partial charge on any atom is -0.493 e. The molecule has 0 N–H and O–H groups in total. The van der Waals surface area contributed by atoms with Gasteiger partial charge in [0.05, 0.1) is 14.2 Å². The number of hydrogen-bond donors (Lipinski definition) is 0. The number of hydrogen-bond acceptors (Lipinski definition) is 4. The van der Waals surface area contributed by atoms with Gasteiger partial charge in [0.1, 0.15) is 0 Å². The maximum Gasteiger partial charge on any atom is 0.226 e. The largest absolute Gasteiger partial charge is 0.493 e. The van der Waals surface area contributed by atoms with E-state index in [9.17, 15) is 4.79 Å². The van der Waals surface area contributed by atoms with Crippen LogP contribution >= 0.6 is 11.8 Å². The van der Waals surface area contributed by atoms with E-state index >= 15 is 0 Å². The van der Waals surface area contributed by atoms with E-state index in [1.54, 1.807) is 14.2 Å². The molecule has 1 aromatic rings. The van der Waals surface area contributed by atoms with Gasteiger partial charge in [-0.1, -0.05) is 0 Å². The number of nitrogens with zero attached hydrogens (tertiary/aromatic N) is 1. The van der Waals surface area contributed by atoms with Crippen LogP contribution in [0.3, 0.4) is 0 Å². The molecule has 1 fully saturated rings. The summed E-state index contributed by atoms with van der Waals surface area (Å²) in [6, 6.07) is 4.07. The summed E-state index contributed by atoms with van der Waals surface area (Å²) in [6.45, 7) is 1.50. The van der Waals surface area contributed by atoms with Gasteiger partial charge in [-0.05, 0) is 54.0 Å². The van der Waals surface area contributed by atoms with E-state index < -0.39 is 0 Å². The summed E-state index contributed by atoms with van der Waals surface area (Å²) in [4.78, 5) is 14.7. The van der Waals surface area contributed by atoms with E-state index in [-0.39, 0.29) is 5.92 Å². The predicted octanol–water partition coefficient (Wildman–Crippen LogP) is 2.73. The Morgan fingerprint density at radius 2 is 1.77 bits per heavy atom. The second-order valence-corrected chi connectivity index (χ2v) is 7.10. The lowest BCUT2D eigenvalue weighted by molar-refractivity contribution is -0.136. The van der Waals surface area contributed by atoms with E-state index in [2.05, 4.69) is 0 Å². The molecule has 0 spiro atoms. The zero-order valence-corrected chi connectivity index (χ0v) is 14.1. The van der Waals surface area contributed by atoms with Crippen LogP contribution in [0.1, 0.15) is 24.0 Å². The molecule has 120 valence electrons. The number of carbonyl (C=O) groups excluding carboxylic acids is 1. The Hall–Kier alpha value is -1.36. The lowest BCUT2D eigenvalue weighted by Crippen LogP contribution is -2.40. The number of methoxy groups -OCH3 is 2. The summed E-state index contributed by atoms with van der Waals surface area (Å²) in [5, 5.41) is 0. The molecular formula is C17H23NO3S. The molecular weight excluding hydrogens is 298 g/mol. The monoisotopic (exact) mass is 321 g/mol. The number of amides is 1. The van der Waals surface area contributed by atoms with Gasteiger partial charge in [0, 0.05) is 19.0 Å². The summed E-state index contributed by atoms with van der Waals surface area (Å²) >= 11 is 1.96. The Kier molecular flexibility index (Phi) is 4.81. The molecule has 3 rings (SSSR count). The van der Waals surface area contributed by atoms with Crippen LogP contribution in [0.2, 0.25) is 0 Å². The topological polar surface area (TPSA) is 38.8 Å². The Morgan fingerprint density at radius 1 is 1.14 bits per heavy atom. The molecule has 0 saturated carbocycles. The fraction of sp³-hybridized carbons (Fsp3) is 0.588. The lowest BCUT2D eigenvalue weighted by atomic mass is 9.95. The Morgan fingerprint density at radius 3 is 2.41 bits per heavy atom. The van der Waals surface area contributed by atoms with Crippen molar-refractivity contribution in [1.29, 1.82) is 0 Å². The number of ether oxygens (including phenoxy) is 2. The molecule has 5 heteroatoms. The van der Waals surface area contributed by atoms with Crippen LogP contribution in [0.15, 0.2) is 12.1 Å². The van der Waals surface area contributed by atoms with Crippen molar-refractivity contribution < 1.29 is 14.3 Å². The highest BCUT2D eigenvalue weighted by molar-refractivity contribution is 7.99. The molecule has 0 unspecified atom stereocenters. The van der Waals surface area contributed by atoms with Crippen LogP contribution in [0.25, 0.3) is 0 Å². The average Bonchev–Trinajstić information content (AvgIpc) is 2.60. The van der Waals surface area contributed by atoms with Crippen molar-refractivity contribution in [3.8, 4) is 11.5 Å². The molecule has 2 heterocycles. The molecule has 0 radical (unpaired) electrons. The summed E-state index contributed by atoms with van der Waals surface area (Å²) < 4.78 is 10.7. The molecule has 0 atom stereocenters. The minimum absolute atomic E-state index is 0.225. The van der Waals surface area contributed by atoms with Gasteiger partial charge in [-0.2, -0.15) is 11.8 Å². The van der Waals surface area contributed by atoms with Crippen molar-refractivity contribution >= 4 is 17.7 Å². The lowest BCUT2D eigenvalue weighted by Gasteiger charge is -2.33. The van der Waals surface area contributed by atoms with Gasteiger partial charge in [-0.15, -0.1) is 0 Å². The molecule has 2 aliphatic heterocycles. The van der Waals surface area contributed by atoms with E-state index in [4.69, 9.17) is 9.47 Å². The van der Waals surface area contributed by atoms with Crippen molar-refractivity contribution in [3.05, 3.63) is 23.3 Å². The van der Waals surface area contributed by atoms with Gasteiger partial charge in [0.2, 0.25) is 5.91 Å². The number of thioether (sulfide) groups is 1. The predicted molar refractivity (Wildman–Crippen MR) is 88.7 cm³/mol. The minimum atomic E-state index is 0.225. The highest BCUT2D eigenvalue weighted by Gasteiger charge is 2.29. The van der Waals surface area contributed by atoms with Crippen LogP contribution < -0.4 is 9.47 Å². The number of benzene rings is 1. The van der Waals surface area contributed by atoms with E-state index in [1.807, 2.05) is 28.8 Å². The summed E-state index contributed by atoms with van der Waals surface area (Å²) in [5.41, 5.74) is 2.45. The summed E-state index contributed by atoms with van der Waals surface area (Å²) in [5.74, 6) is 4.30. The van der Waals surface area contributed by atoms with Crippen LogP contribution in [0.5, 0.6) is 11.5 Å². The van der Waals surface area contributed by atoms with Gasteiger partial charge in [-0.25, -0.2) is 0 Å². The fourth-order valence-electron chi connectivity index (χ4n) is 3.27. The highest BCUT2D eigenvalue weighted by atomic mass is 32.2. The van der Waals surface area contributed by atoms with Crippen LogP contribution in [-0.4, -0.2) is 43.1 Å². The quantitative estimate of drug-likeness (QED) is 0.858. The second-order valence-electron chi connectivity index (χ2n) is 5.87. The van der Waals surface area contributed by atoms with Crippen molar-refractivity contribution in [1.82, 2.24) is 4.90 Å². The first-order valence-corrected chi connectivity index (χ1v) is 8.98. The summed E-state index contributed by atoms with van der Waals surface area (Å²) in [7, 11) is 3.31. The fourth-order valence-corrected chi connectivity index (χ4v) is 4.38. The Labute approximate surface area is 136 Å². The first-order chi connectivity index (χ1) is 10.7. The molecule has 1 saturated heterocycles. The van der Waals surface area contributed by atoms with Crippen molar-refractivity contribution in [3.63, 3.8) is 0 Å². The van der Waals surface area contributed by atoms with Gasteiger partial charge >= 0.3 is 0 Å². The van der Waals surface area contributed by atoms with Gasteiger partial charge in [0.15, 0.2) is 11.5 Å². The second kappa shape index (κ2) is 6.82. The molecule has 0 aliphatic carbocycles. The number of carbonyl (C=O) groups is 1. The van der Waals surface area contributed by atoms with Crippen molar-refractivity contribution in [2.45, 2.75) is 25.8 Å². The number of fused-ring (bicyclic) bond motifs is 1. The Balaban J connectivity index is 1.76. The molecule has 1 amide bonds. The van der Waals surface area contributed by atoms with Gasteiger partial charge in [-0.3, -0.25) is 4.79 Å². The maximum atomic E-state index is 12.7. The molecule has 0 bridgehead atoms. The van der Waals surface area contributed by atoms with Gasteiger partial charge < -0.3 is 14.4 Å². The standard InChI is InChI=1S/C17H23NO3S/c1-20-15-9-13-3-6-18(11-14(13)10-16(15)21-2)17(19)12-4-7-22-8-5-12/h9-10,12H,3-8,11H2,1-2H3. The Bertz CT molecular complexity index is 555. The third kappa shape index (κ3) is 3.05. The normalized spacial score (nSPS) is 18.7. The zero-order valence-electron chi connectivity index (χ0n) is 13.3. The third-order valence-electron chi connectivity index (χ3n) is 4.60. The average molecular weight is 321 g/mol. The highest BCUT2D eigenvalue weighted by Crippen LogP contribution is 2.34. The smallest absolute Gasteiger partial charge is 0.226 e. The molecule has 1 aromatic carbocycles. The molecule has 0 aromatic heterocycles. The number of rotatable bonds is 3. The van der Waals surface area contributed by atoms with E-state index in [0.717, 1.165) is 48.8 Å². The SMILES string of the molecule is COc1cc2c(cc1OC)CN(C(=O)C1CCSCC1)CC2. The molecule has 22 heavy (non-hydrogen) atoms. The third-order valence-corrected chi connectivity index (χ3v) is 5.65. The van der Waals surface area contributed by atoms with Gasteiger partial charge in [0.25, 0.3) is 0 Å². The molecule has 2 aliphatic rings. The first kappa shape index (κ1) is 15.5. The molecule has 4 nitrogen and oxygen atoms in total. The van der Waals surface area contributed by atoms with Crippen molar-refractivity contribution in [2.75, 3.05) is 32.3 Å². The zero-order chi connectivity index (χ0) is 15.5. The maximum absolute atomic E-state index is 12.7.